The molecule has 3 atom stereocenters. The highest BCUT2D eigenvalue weighted by Crippen LogP contribution is 2.33. The van der Waals surface area contributed by atoms with Gasteiger partial charge < -0.3 is 15.1 Å². The zero-order valence-corrected chi connectivity index (χ0v) is 24.1. The highest BCUT2D eigenvalue weighted by Gasteiger charge is 2.42. The number of nitrogens with zero attached hydrogens (tertiary/aromatic N) is 3. The summed E-state index contributed by atoms with van der Waals surface area (Å²) < 4.78 is 37.2. The molecule has 13 nitrogen and oxygen atoms in total. The number of urea groups is 1. The van der Waals surface area contributed by atoms with Crippen LogP contribution in [0.5, 0.6) is 0 Å². The molecule has 1 aromatic heterocycles. The van der Waals surface area contributed by atoms with Gasteiger partial charge in [-0.25, -0.2) is 24.4 Å². The van der Waals surface area contributed by atoms with Gasteiger partial charge in [0.15, 0.2) is 0 Å². The number of thioether (sulfide) groups is 1. The second kappa shape index (κ2) is 12.7. The monoisotopic (exact) mass is 597 g/mol. The molecular weight excluding hydrogens is 562 g/mol. The van der Waals surface area contributed by atoms with Crippen LogP contribution >= 0.6 is 11.8 Å². The van der Waals surface area contributed by atoms with Gasteiger partial charge in [-0.1, -0.05) is 20.3 Å². The van der Waals surface area contributed by atoms with Crippen molar-refractivity contribution in [3.05, 3.63) is 39.2 Å². The highest BCUT2D eigenvalue weighted by atomic mass is 32.2. The molecule has 0 bridgehead atoms. The third kappa shape index (κ3) is 6.87. The molecule has 2 aromatic rings. The second-order valence-electron chi connectivity index (χ2n) is 9.86. The number of aryl methyl sites for hydroxylation is 1. The lowest BCUT2D eigenvalue weighted by molar-refractivity contribution is -0.121. The molecule has 40 heavy (non-hydrogen) atoms. The van der Waals surface area contributed by atoms with Crippen LogP contribution in [-0.4, -0.2) is 76.4 Å². The Kier molecular flexibility index (Phi) is 9.59. The zero-order valence-electron chi connectivity index (χ0n) is 22.5. The summed E-state index contributed by atoms with van der Waals surface area (Å²) in [5.74, 6) is -0.736. The Labute approximate surface area is 236 Å². The molecule has 0 saturated carbocycles. The molecule has 2 aliphatic rings. The smallest absolute Gasteiger partial charge is 0.372 e. The van der Waals surface area contributed by atoms with Crippen LogP contribution in [0.2, 0.25) is 0 Å². The number of unbranched alkanes of at least 4 members (excludes halogenated alkanes) is 1. The molecule has 3 heterocycles. The van der Waals surface area contributed by atoms with Gasteiger partial charge in [-0.3, -0.25) is 13.9 Å². The minimum atomic E-state index is -4.21. The van der Waals surface area contributed by atoms with Crippen LogP contribution in [0.4, 0.5) is 10.5 Å². The number of carbonyl (C=O) groups is 2. The molecule has 4 rings (SSSR count). The van der Waals surface area contributed by atoms with Crippen molar-refractivity contribution in [3.8, 4) is 0 Å². The van der Waals surface area contributed by atoms with Crippen molar-refractivity contribution in [2.75, 3.05) is 29.6 Å². The maximum atomic E-state index is 13.5. The average Bonchev–Trinajstić information content (AvgIpc) is 3.45. The maximum Gasteiger partial charge on any atom is 0.422 e. The van der Waals surface area contributed by atoms with E-state index in [4.69, 9.17) is 8.97 Å². The normalized spacial score (nSPS) is 20.5. The van der Waals surface area contributed by atoms with Gasteiger partial charge in [0.05, 0.1) is 34.4 Å². The summed E-state index contributed by atoms with van der Waals surface area (Å²) in [5, 5.41) is 9.71. The Morgan fingerprint density at radius 3 is 2.60 bits per heavy atom. The molecule has 0 radical (unpaired) electrons. The summed E-state index contributed by atoms with van der Waals surface area (Å²) in [7, 11) is -4.21. The lowest BCUT2D eigenvalue weighted by atomic mass is 10.0. The molecule has 0 aliphatic carbocycles. The number of rotatable bonds is 13. The average molecular weight is 598 g/mol. The van der Waals surface area contributed by atoms with Crippen LogP contribution in [0.3, 0.4) is 0 Å². The fourth-order valence-electron chi connectivity index (χ4n) is 5.30. The standard InChI is InChI=1S/C25H35N5O8S2/c1-3-28(4-2)30(21(31)9-6-5-8-20-22-18(15-39-20)26-24(33)27-22)16-10-11-19-17(14-16)23(32)38-25(34)29(19)12-7-13-40(35,36)37/h10-11,14,18,20,22H,3-9,12-13,15H2,1-2H3,(H2,26,27,33)(H,35,36,37). The van der Waals surface area contributed by atoms with E-state index in [-0.39, 0.29) is 54.3 Å². The molecule has 2 saturated heterocycles. The van der Waals surface area contributed by atoms with Gasteiger partial charge in [0.2, 0.25) is 5.91 Å². The molecule has 3 amide bonds. The van der Waals surface area contributed by atoms with Crippen molar-refractivity contribution in [2.45, 2.75) is 69.8 Å². The predicted molar refractivity (Wildman–Crippen MR) is 152 cm³/mol. The summed E-state index contributed by atoms with van der Waals surface area (Å²) in [6.07, 6.45) is 2.60. The SMILES string of the molecule is CCN(CC)N(C(=O)CCCCC1SCC2NC(=O)NC21)c1ccc2c(c1)c(=O)oc(=O)n2CCCS(=O)(=O)O. The lowest BCUT2D eigenvalue weighted by Gasteiger charge is -2.33. The van der Waals surface area contributed by atoms with Gasteiger partial charge >= 0.3 is 17.4 Å². The van der Waals surface area contributed by atoms with E-state index in [2.05, 4.69) is 10.6 Å². The van der Waals surface area contributed by atoms with E-state index in [0.29, 0.717) is 30.4 Å². The minimum absolute atomic E-state index is 0.0585. The highest BCUT2D eigenvalue weighted by molar-refractivity contribution is 8.00. The zero-order chi connectivity index (χ0) is 29.0. The molecule has 15 heteroatoms. The third-order valence-electron chi connectivity index (χ3n) is 7.24. The first-order valence-electron chi connectivity index (χ1n) is 13.4. The first-order chi connectivity index (χ1) is 19.0. The molecule has 220 valence electrons. The van der Waals surface area contributed by atoms with E-state index in [0.717, 1.165) is 23.2 Å². The van der Waals surface area contributed by atoms with Gasteiger partial charge in [-0.05, 0) is 37.5 Å². The van der Waals surface area contributed by atoms with Gasteiger partial charge in [0, 0.05) is 37.1 Å². The molecule has 0 spiro atoms. The quantitative estimate of drug-likeness (QED) is 0.133. The molecule has 2 aliphatic heterocycles. The number of hydrogen-bond donors (Lipinski definition) is 3. The Morgan fingerprint density at radius 2 is 1.90 bits per heavy atom. The van der Waals surface area contributed by atoms with Crippen molar-refractivity contribution in [3.63, 3.8) is 0 Å². The number of anilines is 1. The van der Waals surface area contributed by atoms with Crippen molar-refractivity contribution >= 4 is 50.4 Å². The number of aromatic nitrogens is 1. The maximum absolute atomic E-state index is 13.5. The summed E-state index contributed by atoms with van der Waals surface area (Å²) in [6, 6.07) is 4.84. The Balaban J connectivity index is 1.49. The molecule has 2 fully saturated rings. The van der Waals surface area contributed by atoms with E-state index in [9.17, 15) is 27.6 Å². The third-order valence-corrected chi connectivity index (χ3v) is 9.55. The van der Waals surface area contributed by atoms with Crippen LogP contribution in [-0.2, 0) is 21.5 Å². The van der Waals surface area contributed by atoms with Crippen LogP contribution in [0.25, 0.3) is 10.9 Å². The summed E-state index contributed by atoms with van der Waals surface area (Å²) in [4.78, 5) is 50.0. The summed E-state index contributed by atoms with van der Waals surface area (Å²) in [5.41, 5.74) is -0.167. The molecule has 3 N–H and O–H groups in total. The van der Waals surface area contributed by atoms with Crippen LogP contribution in [0.15, 0.2) is 32.2 Å². The minimum Gasteiger partial charge on any atom is -0.372 e. The molecule has 1 aromatic carbocycles. The van der Waals surface area contributed by atoms with Crippen LogP contribution in [0, 0.1) is 0 Å². The topological polar surface area (TPSA) is 171 Å². The Hall–Kier alpha value is -2.88. The lowest BCUT2D eigenvalue weighted by Crippen LogP contribution is -2.46. The first kappa shape index (κ1) is 30.1. The van der Waals surface area contributed by atoms with Crippen molar-refractivity contribution < 1.29 is 27.0 Å². The van der Waals surface area contributed by atoms with Crippen molar-refractivity contribution in [1.82, 2.24) is 20.2 Å². The van der Waals surface area contributed by atoms with Gasteiger partial charge in [-0.2, -0.15) is 20.2 Å². The number of amides is 3. The van der Waals surface area contributed by atoms with Crippen LogP contribution < -0.4 is 27.0 Å². The molecular formula is C25H35N5O8S2. The summed E-state index contributed by atoms with van der Waals surface area (Å²) in [6.45, 7) is 4.84. The number of hydrazine groups is 1. The van der Waals surface area contributed by atoms with E-state index in [1.165, 1.54) is 12.1 Å². The largest absolute Gasteiger partial charge is 0.422 e. The van der Waals surface area contributed by atoms with Gasteiger partial charge in [0.1, 0.15) is 0 Å². The fraction of sp³-hybridized carbons (Fsp3) is 0.600. The number of nitrogens with one attached hydrogen (secondary N) is 2. The fourth-order valence-corrected chi connectivity index (χ4v) is 7.34. The Morgan fingerprint density at radius 1 is 1.15 bits per heavy atom. The first-order valence-corrected chi connectivity index (χ1v) is 16.1. The van der Waals surface area contributed by atoms with Crippen LogP contribution in [0.1, 0.15) is 46.0 Å². The van der Waals surface area contributed by atoms with Gasteiger partial charge in [-0.15, -0.1) is 0 Å². The van der Waals surface area contributed by atoms with Crippen molar-refractivity contribution in [2.24, 2.45) is 0 Å². The number of fused-ring (bicyclic) bond motifs is 2. The van der Waals surface area contributed by atoms with E-state index in [1.807, 2.05) is 30.6 Å². The molecule has 3 unspecified atom stereocenters. The summed E-state index contributed by atoms with van der Waals surface area (Å²) >= 11 is 1.84. The second-order valence-corrected chi connectivity index (χ2v) is 12.7. The predicted octanol–water partition coefficient (Wildman–Crippen LogP) is 1.55. The number of carbonyl (C=O) groups excluding carboxylic acids is 2. The van der Waals surface area contributed by atoms with Gasteiger partial charge in [0.25, 0.3) is 10.1 Å². The van der Waals surface area contributed by atoms with E-state index in [1.54, 1.807) is 11.1 Å². The van der Waals surface area contributed by atoms with E-state index >= 15 is 0 Å². The van der Waals surface area contributed by atoms with Crippen molar-refractivity contribution in [1.29, 1.82) is 0 Å². The Bertz CT molecular complexity index is 1470. The number of hydrogen-bond acceptors (Lipinski definition) is 9. The van der Waals surface area contributed by atoms with E-state index < -0.39 is 27.3 Å². The number of benzene rings is 1.